The molecule has 0 bridgehead atoms. The molecule has 1 heterocycles. The fourth-order valence-corrected chi connectivity index (χ4v) is 3.19. The number of nitrogens with zero attached hydrogens (tertiary/aromatic N) is 3. The molecule has 2 N–H and O–H groups in total. The van der Waals surface area contributed by atoms with Gasteiger partial charge in [0.25, 0.3) is 0 Å². The third kappa shape index (κ3) is 4.90. The van der Waals surface area contributed by atoms with E-state index in [0.29, 0.717) is 6.54 Å². The van der Waals surface area contributed by atoms with Gasteiger partial charge >= 0.3 is 5.69 Å². The number of hydrogen-bond donors (Lipinski definition) is 2. The van der Waals surface area contributed by atoms with Crippen LogP contribution in [-0.2, 0) is 6.54 Å². The highest BCUT2D eigenvalue weighted by atomic mass is 32.2. The zero-order chi connectivity index (χ0) is 15.7. The normalized spacial score (nSPS) is 13.8. The Labute approximate surface area is 130 Å². The van der Waals surface area contributed by atoms with E-state index in [-0.39, 0.29) is 5.69 Å². The number of aromatic nitrogens is 3. The molecule has 0 radical (unpaired) electrons. The standard InChI is InChI=1S/C14H25N5OS/c1-4-9-19-12(20)17-18-13(19)21-10-7-8-14(5-2,11-15)16-6-3/h16H,4-10H2,1-3H3,(H,17,20). The van der Waals surface area contributed by atoms with Gasteiger partial charge in [0.2, 0.25) is 0 Å². The molecule has 0 saturated heterocycles. The summed E-state index contributed by atoms with van der Waals surface area (Å²) >= 11 is 1.57. The Morgan fingerprint density at radius 1 is 1.48 bits per heavy atom. The molecular formula is C14H25N5OS. The van der Waals surface area contributed by atoms with Gasteiger partial charge in [-0.2, -0.15) is 5.26 Å². The van der Waals surface area contributed by atoms with Crippen LogP contribution in [0.15, 0.2) is 9.95 Å². The molecule has 1 aromatic heterocycles. The van der Waals surface area contributed by atoms with Gasteiger partial charge in [0.1, 0.15) is 5.54 Å². The van der Waals surface area contributed by atoms with Crippen LogP contribution in [0.25, 0.3) is 0 Å². The topological polar surface area (TPSA) is 86.5 Å². The Morgan fingerprint density at radius 2 is 2.24 bits per heavy atom. The summed E-state index contributed by atoms with van der Waals surface area (Å²) < 4.78 is 1.67. The lowest BCUT2D eigenvalue weighted by molar-refractivity contribution is 0.379. The first-order chi connectivity index (χ1) is 10.1. The average molecular weight is 311 g/mol. The molecule has 0 aliphatic rings. The summed E-state index contributed by atoms with van der Waals surface area (Å²) in [7, 11) is 0. The number of H-pyrrole nitrogens is 1. The zero-order valence-electron chi connectivity index (χ0n) is 13.1. The molecular weight excluding hydrogens is 286 g/mol. The van der Waals surface area contributed by atoms with Gasteiger partial charge in [0.05, 0.1) is 6.07 Å². The maximum absolute atomic E-state index is 11.6. The maximum Gasteiger partial charge on any atom is 0.343 e. The Bertz CT molecular complexity index is 518. The van der Waals surface area contributed by atoms with Gasteiger partial charge in [-0.15, -0.1) is 5.10 Å². The predicted octanol–water partition coefficient (Wildman–Crippen LogP) is 2.14. The van der Waals surface area contributed by atoms with E-state index >= 15 is 0 Å². The van der Waals surface area contributed by atoms with Crippen molar-refractivity contribution in [3.63, 3.8) is 0 Å². The summed E-state index contributed by atoms with van der Waals surface area (Å²) in [6, 6.07) is 2.40. The molecule has 1 unspecified atom stereocenters. The molecule has 1 aromatic rings. The smallest absolute Gasteiger partial charge is 0.300 e. The van der Waals surface area contributed by atoms with Crippen molar-refractivity contribution in [1.82, 2.24) is 20.1 Å². The fraction of sp³-hybridized carbons (Fsp3) is 0.786. The lowest BCUT2D eigenvalue weighted by atomic mass is 9.92. The van der Waals surface area contributed by atoms with Crippen molar-refractivity contribution in [2.45, 2.75) is 63.7 Å². The molecule has 0 aliphatic carbocycles. The highest BCUT2D eigenvalue weighted by molar-refractivity contribution is 7.99. The van der Waals surface area contributed by atoms with Crippen molar-refractivity contribution in [3.05, 3.63) is 10.5 Å². The van der Waals surface area contributed by atoms with Crippen LogP contribution in [0.2, 0.25) is 0 Å². The number of rotatable bonds is 10. The number of aromatic amines is 1. The highest BCUT2D eigenvalue weighted by Gasteiger charge is 2.25. The van der Waals surface area contributed by atoms with E-state index in [1.807, 2.05) is 20.8 Å². The van der Waals surface area contributed by atoms with Gasteiger partial charge in [-0.3, -0.25) is 9.88 Å². The van der Waals surface area contributed by atoms with Gasteiger partial charge in [0.15, 0.2) is 5.16 Å². The Kier molecular flexibility index (Phi) is 7.54. The third-order valence-corrected chi connectivity index (χ3v) is 4.54. The number of nitriles is 1. The van der Waals surface area contributed by atoms with Gasteiger partial charge < -0.3 is 0 Å². The van der Waals surface area contributed by atoms with Crippen LogP contribution in [0.4, 0.5) is 0 Å². The summed E-state index contributed by atoms with van der Waals surface area (Å²) in [6.45, 7) is 7.57. The molecule has 6 nitrogen and oxygen atoms in total. The third-order valence-electron chi connectivity index (χ3n) is 3.48. The second-order valence-electron chi connectivity index (χ2n) is 4.99. The second-order valence-corrected chi connectivity index (χ2v) is 6.05. The van der Waals surface area contributed by atoms with E-state index in [2.05, 4.69) is 21.6 Å². The zero-order valence-corrected chi connectivity index (χ0v) is 13.9. The van der Waals surface area contributed by atoms with Gasteiger partial charge in [-0.05, 0) is 32.2 Å². The Balaban J connectivity index is 2.51. The van der Waals surface area contributed by atoms with Crippen molar-refractivity contribution >= 4 is 11.8 Å². The molecule has 0 amide bonds. The number of thioether (sulfide) groups is 1. The van der Waals surface area contributed by atoms with E-state index in [1.165, 1.54) is 0 Å². The van der Waals surface area contributed by atoms with Crippen molar-refractivity contribution < 1.29 is 0 Å². The number of nitrogens with one attached hydrogen (secondary N) is 2. The van der Waals surface area contributed by atoms with Crippen molar-refractivity contribution in [3.8, 4) is 6.07 Å². The molecule has 7 heteroatoms. The minimum Gasteiger partial charge on any atom is -0.300 e. The maximum atomic E-state index is 11.6. The van der Waals surface area contributed by atoms with Gasteiger partial charge in [-0.1, -0.05) is 32.5 Å². The van der Waals surface area contributed by atoms with Crippen LogP contribution >= 0.6 is 11.8 Å². The van der Waals surface area contributed by atoms with E-state index in [4.69, 9.17) is 0 Å². The summed E-state index contributed by atoms with van der Waals surface area (Å²) in [5, 5.41) is 19.9. The van der Waals surface area contributed by atoms with Crippen molar-refractivity contribution in [2.75, 3.05) is 12.3 Å². The average Bonchev–Trinajstić information content (AvgIpc) is 2.84. The highest BCUT2D eigenvalue weighted by Crippen LogP contribution is 2.21. The molecule has 1 rings (SSSR count). The summed E-state index contributed by atoms with van der Waals surface area (Å²) in [5.41, 5.74) is -0.573. The van der Waals surface area contributed by atoms with Gasteiger partial charge in [-0.25, -0.2) is 9.89 Å². The lowest BCUT2D eigenvalue weighted by Crippen LogP contribution is -2.43. The van der Waals surface area contributed by atoms with Gasteiger partial charge in [0, 0.05) is 12.3 Å². The van der Waals surface area contributed by atoms with Crippen molar-refractivity contribution in [1.29, 1.82) is 5.26 Å². The quantitative estimate of drug-likeness (QED) is 0.510. The predicted molar refractivity (Wildman–Crippen MR) is 85.4 cm³/mol. The van der Waals surface area contributed by atoms with Crippen LogP contribution in [0.1, 0.15) is 46.5 Å². The SMILES string of the molecule is CCCn1c(SCCCC(C#N)(CC)NCC)n[nH]c1=O. The molecule has 0 saturated carbocycles. The van der Waals surface area contributed by atoms with Crippen molar-refractivity contribution in [2.24, 2.45) is 0 Å². The molecule has 0 spiro atoms. The second kappa shape index (κ2) is 8.90. The van der Waals surface area contributed by atoms with Crippen LogP contribution < -0.4 is 11.0 Å². The van der Waals surface area contributed by atoms with E-state index < -0.39 is 5.54 Å². The van der Waals surface area contributed by atoms with E-state index in [1.54, 1.807) is 16.3 Å². The molecule has 0 fully saturated rings. The fourth-order valence-electron chi connectivity index (χ4n) is 2.27. The lowest BCUT2D eigenvalue weighted by Gasteiger charge is -2.25. The minimum atomic E-state index is -0.427. The Hall–Kier alpha value is -1.26. The Morgan fingerprint density at radius 3 is 2.81 bits per heavy atom. The number of hydrogen-bond acceptors (Lipinski definition) is 5. The van der Waals surface area contributed by atoms with Crippen LogP contribution in [0.3, 0.4) is 0 Å². The van der Waals surface area contributed by atoms with E-state index in [0.717, 1.165) is 43.1 Å². The molecule has 118 valence electrons. The monoisotopic (exact) mass is 311 g/mol. The first-order valence-electron chi connectivity index (χ1n) is 7.56. The van der Waals surface area contributed by atoms with Crippen LogP contribution in [0.5, 0.6) is 0 Å². The molecule has 21 heavy (non-hydrogen) atoms. The van der Waals surface area contributed by atoms with Crippen LogP contribution in [-0.4, -0.2) is 32.6 Å². The molecule has 0 aromatic carbocycles. The summed E-state index contributed by atoms with van der Waals surface area (Å²) in [6.07, 6.45) is 3.42. The molecule has 1 atom stereocenters. The first-order valence-corrected chi connectivity index (χ1v) is 8.55. The van der Waals surface area contributed by atoms with E-state index in [9.17, 15) is 10.1 Å². The summed E-state index contributed by atoms with van der Waals surface area (Å²) in [5.74, 6) is 0.850. The minimum absolute atomic E-state index is 0.146. The first kappa shape index (κ1) is 17.8. The molecule has 0 aliphatic heterocycles. The summed E-state index contributed by atoms with van der Waals surface area (Å²) in [4.78, 5) is 11.6. The largest absolute Gasteiger partial charge is 0.343 e. The van der Waals surface area contributed by atoms with Crippen LogP contribution in [0, 0.1) is 11.3 Å².